The van der Waals surface area contributed by atoms with Crippen molar-refractivity contribution in [1.82, 2.24) is 4.90 Å². The van der Waals surface area contributed by atoms with Crippen LogP contribution in [-0.2, 0) is 4.79 Å². The van der Waals surface area contributed by atoms with E-state index in [1.165, 1.54) is 17.9 Å². The second kappa shape index (κ2) is 9.97. The van der Waals surface area contributed by atoms with Crippen molar-refractivity contribution >= 4 is 17.7 Å². The molecule has 0 saturated heterocycles. The summed E-state index contributed by atoms with van der Waals surface area (Å²) in [5.41, 5.74) is 0. The predicted molar refractivity (Wildman–Crippen MR) is 71.2 cm³/mol. The second-order valence-electron chi connectivity index (χ2n) is 4.17. The molecule has 0 rings (SSSR count). The van der Waals surface area contributed by atoms with Gasteiger partial charge in [0, 0.05) is 12.5 Å². The molecule has 1 atom stereocenters. The molecule has 0 saturated carbocycles. The van der Waals surface area contributed by atoms with Gasteiger partial charge in [0.05, 0.1) is 0 Å². The van der Waals surface area contributed by atoms with Gasteiger partial charge in [-0.2, -0.15) is 11.8 Å². The third-order valence-electron chi connectivity index (χ3n) is 2.79. The van der Waals surface area contributed by atoms with Crippen molar-refractivity contribution in [2.75, 3.05) is 25.1 Å². The smallest absolute Gasteiger partial charge is 0.303 e. The van der Waals surface area contributed by atoms with E-state index in [2.05, 4.69) is 25.8 Å². The van der Waals surface area contributed by atoms with Gasteiger partial charge in [0.2, 0.25) is 0 Å². The van der Waals surface area contributed by atoms with Gasteiger partial charge in [-0.15, -0.1) is 0 Å². The van der Waals surface area contributed by atoms with E-state index in [9.17, 15) is 4.79 Å². The van der Waals surface area contributed by atoms with Gasteiger partial charge in [0.1, 0.15) is 0 Å². The Hall–Kier alpha value is -0.220. The Morgan fingerprint density at radius 2 is 2.12 bits per heavy atom. The molecule has 0 fully saturated rings. The lowest BCUT2D eigenvalue weighted by atomic mass is 10.2. The average Bonchev–Trinajstić information content (AvgIpc) is 2.24. The molecule has 1 N–H and O–H groups in total. The number of thioether (sulfide) groups is 1. The molecule has 0 amide bonds. The first-order valence-corrected chi connectivity index (χ1v) is 7.23. The maximum Gasteiger partial charge on any atom is 0.303 e. The first-order valence-electron chi connectivity index (χ1n) is 6.07. The van der Waals surface area contributed by atoms with Crippen LogP contribution in [0.4, 0.5) is 0 Å². The Morgan fingerprint density at radius 1 is 1.44 bits per heavy atom. The predicted octanol–water partition coefficient (Wildman–Crippen LogP) is 2.70. The van der Waals surface area contributed by atoms with Crippen LogP contribution in [-0.4, -0.2) is 47.1 Å². The van der Waals surface area contributed by atoms with Gasteiger partial charge >= 0.3 is 5.97 Å². The minimum atomic E-state index is -0.685. The van der Waals surface area contributed by atoms with Crippen molar-refractivity contribution in [2.24, 2.45) is 0 Å². The molecule has 0 aromatic heterocycles. The Bertz CT molecular complexity index is 188. The van der Waals surface area contributed by atoms with E-state index in [0.717, 1.165) is 19.4 Å². The molecule has 0 bridgehead atoms. The number of nitrogens with zero attached hydrogens (tertiary/aromatic N) is 1. The zero-order chi connectivity index (χ0) is 12.4. The zero-order valence-corrected chi connectivity index (χ0v) is 11.6. The minimum Gasteiger partial charge on any atom is -0.481 e. The molecule has 0 heterocycles. The van der Waals surface area contributed by atoms with E-state index in [1.54, 1.807) is 0 Å². The molecule has 4 heteroatoms. The van der Waals surface area contributed by atoms with E-state index in [-0.39, 0.29) is 0 Å². The first kappa shape index (κ1) is 15.8. The van der Waals surface area contributed by atoms with Crippen LogP contribution >= 0.6 is 11.8 Å². The molecule has 3 nitrogen and oxygen atoms in total. The van der Waals surface area contributed by atoms with Crippen molar-refractivity contribution in [2.45, 2.75) is 45.6 Å². The van der Waals surface area contributed by atoms with E-state index in [1.807, 2.05) is 11.8 Å². The maximum absolute atomic E-state index is 10.3. The highest BCUT2D eigenvalue weighted by Gasteiger charge is 2.08. The third kappa shape index (κ3) is 9.04. The lowest BCUT2D eigenvalue weighted by Crippen LogP contribution is -2.30. The monoisotopic (exact) mass is 247 g/mol. The van der Waals surface area contributed by atoms with E-state index in [0.29, 0.717) is 12.5 Å². The molecule has 0 radical (unpaired) electrons. The van der Waals surface area contributed by atoms with E-state index in [4.69, 9.17) is 5.11 Å². The fourth-order valence-corrected chi connectivity index (χ4v) is 2.27. The molecule has 0 spiro atoms. The maximum atomic E-state index is 10.3. The van der Waals surface area contributed by atoms with Crippen LogP contribution < -0.4 is 0 Å². The normalized spacial score (nSPS) is 13.0. The Morgan fingerprint density at radius 3 is 2.69 bits per heavy atom. The summed E-state index contributed by atoms with van der Waals surface area (Å²) in [6.45, 7) is 5.43. The number of hydrogen-bond acceptors (Lipinski definition) is 3. The van der Waals surface area contributed by atoms with Crippen LogP contribution in [0.2, 0.25) is 0 Å². The van der Waals surface area contributed by atoms with Crippen molar-refractivity contribution in [3.05, 3.63) is 0 Å². The number of unbranched alkanes of at least 4 members (excludes halogenated alkanes) is 1. The molecule has 16 heavy (non-hydrogen) atoms. The van der Waals surface area contributed by atoms with Crippen molar-refractivity contribution in [3.63, 3.8) is 0 Å². The largest absolute Gasteiger partial charge is 0.481 e. The van der Waals surface area contributed by atoms with Crippen LogP contribution in [0.3, 0.4) is 0 Å². The number of hydrogen-bond donors (Lipinski definition) is 1. The summed E-state index contributed by atoms with van der Waals surface area (Å²) in [6.07, 6.45) is 3.28. The van der Waals surface area contributed by atoms with E-state index < -0.39 is 5.97 Å². The lowest BCUT2D eigenvalue weighted by molar-refractivity contribution is -0.137. The molecule has 0 aliphatic heterocycles. The highest BCUT2D eigenvalue weighted by molar-refractivity contribution is 7.99. The summed E-state index contributed by atoms with van der Waals surface area (Å²) in [6, 6.07) is 0.601. The Kier molecular flexibility index (Phi) is 9.83. The molecule has 96 valence electrons. The zero-order valence-electron chi connectivity index (χ0n) is 10.7. The molecular formula is C12H25NO2S. The van der Waals surface area contributed by atoms with Crippen LogP contribution in [0.5, 0.6) is 0 Å². The van der Waals surface area contributed by atoms with E-state index >= 15 is 0 Å². The van der Waals surface area contributed by atoms with Crippen molar-refractivity contribution < 1.29 is 9.90 Å². The molecule has 0 aliphatic rings. The van der Waals surface area contributed by atoms with Gasteiger partial charge in [-0.1, -0.05) is 6.92 Å². The minimum absolute atomic E-state index is 0.300. The van der Waals surface area contributed by atoms with Crippen LogP contribution in [0.25, 0.3) is 0 Å². The Labute approximate surface area is 104 Å². The van der Waals surface area contributed by atoms with Crippen LogP contribution in [0.1, 0.15) is 39.5 Å². The standard InChI is InChI=1S/C12H25NO2S/c1-4-16-10-8-11(2)13(3)9-6-5-7-12(14)15/h11H,4-10H2,1-3H3,(H,14,15). The number of carboxylic acids is 1. The number of carboxylic acid groups (broad SMARTS) is 1. The summed E-state index contributed by atoms with van der Waals surface area (Å²) < 4.78 is 0. The molecule has 1 unspecified atom stereocenters. The molecular weight excluding hydrogens is 222 g/mol. The average molecular weight is 247 g/mol. The lowest BCUT2D eigenvalue weighted by Gasteiger charge is -2.24. The second-order valence-corrected chi connectivity index (χ2v) is 5.56. The van der Waals surface area contributed by atoms with Gasteiger partial charge in [-0.25, -0.2) is 0 Å². The summed E-state index contributed by atoms with van der Waals surface area (Å²) in [7, 11) is 2.13. The number of carbonyl (C=O) groups is 1. The van der Waals surface area contributed by atoms with Gasteiger partial charge in [-0.3, -0.25) is 4.79 Å². The first-order chi connectivity index (χ1) is 7.57. The van der Waals surface area contributed by atoms with Gasteiger partial charge in [-0.05, 0) is 51.3 Å². The van der Waals surface area contributed by atoms with Gasteiger partial charge < -0.3 is 10.0 Å². The Balaban J connectivity index is 3.46. The summed E-state index contributed by atoms with van der Waals surface area (Å²) in [5.74, 6) is 1.72. The SMILES string of the molecule is CCSCCC(C)N(C)CCCCC(=O)O. The molecule has 0 aliphatic carbocycles. The highest BCUT2D eigenvalue weighted by Crippen LogP contribution is 2.09. The number of rotatable bonds is 10. The molecule has 0 aromatic rings. The summed E-state index contributed by atoms with van der Waals surface area (Å²) >= 11 is 1.98. The van der Waals surface area contributed by atoms with Crippen LogP contribution in [0, 0.1) is 0 Å². The van der Waals surface area contributed by atoms with Gasteiger partial charge in [0.15, 0.2) is 0 Å². The summed E-state index contributed by atoms with van der Waals surface area (Å²) in [4.78, 5) is 12.7. The van der Waals surface area contributed by atoms with Gasteiger partial charge in [0.25, 0.3) is 0 Å². The fourth-order valence-electron chi connectivity index (χ4n) is 1.48. The van der Waals surface area contributed by atoms with Crippen molar-refractivity contribution in [1.29, 1.82) is 0 Å². The fraction of sp³-hybridized carbons (Fsp3) is 0.917. The third-order valence-corrected chi connectivity index (χ3v) is 3.72. The summed E-state index contributed by atoms with van der Waals surface area (Å²) in [5, 5.41) is 8.51. The van der Waals surface area contributed by atoms with Crippen LogP contribution in [0.15, 0.2) is 0 Å². The molecule has 0 aromatic carbocycles. The highest BCUT2D eigenvalue weighted by atomic mass is 32.2. The quantitative estimate of drug-likeness (QED) is 0.603. The number of aliphatic carboxylic acids is 1. The van der Waals surface area contributed by atoms with Crippen molar-refractivity contribution in [3.8, 4) is 0 Å². The topological polar surface area (TPSA) is 40.5 Å².